The van der Waals surface area contributed by atoms with E-state index in [1.54, 1.807) is 17.2 Å². The molecule has 20 heavy (non-hydrogen) atoms. The third-order valence-electron chi connectivity index (χ3n) is 3.20. The molecule has 0 aliphatic heterocycles. The average molecular weight is 272 g/mol. The van der Waals surface area contributed by atoms with Crippen molar-refractivity contribution in [1.29, 1.82) is 0 Å². The minimum Gasteiger partial charge on any atom is -0.353 e. The quantitative estimate of drug-likeness (QED) is 0.709. The third-order valence-corrected chi connectivity index (χ3v) is 3.20. The summed E-state index contributed by atoms with van der Waals surface area (Å²) in [6.45, 7) is 4.86. The molecule has 0 fully saturated rings. The molecule has 0 bridgehead atoms. The first-order valence-corrected chi connectivity index (χ1v) is 6.59. The van der Waals surface area contributed by atoms with Gasteiger partial charge in [0.1, 0.15) is 12.7 Å². The van der Waals surface area contributed by atoms with Crippen molar-refractivity contribution in [2.24, 2.45) is 0 Å². The molecular formula is C13H16N6O. The van der Waals surface area contributed by atoms with Gasteiger partial charge in [-0.3, -0.25) is 4.68 Å². The van der Waals surface area contributed by atoms with Crippen molar-refractivity contribution in [3.05, 3.63) is 36.8 Å². The number of aryl methyl sites for hydroxylation is 1. The van der Waals surface area contributed by atoms with Gasteiger partial charge in [0.25, 0.3) is 0 Å². The highest BCUT2D eigenvalue weighted by Crippen LogP contribution is 2.22. The van der Waals surface area contributed by atoms with E-state index >= 15 is 0 Å². The van der Waals surface area contributed by atoms with E-state index < -0.39 is 0 Å². The van der Waals surface area contributed by atoms with Gasteiger partial charge in [0.05, 0.1) is 18.3 Å². The first-order chi connectivity index (χ1) is 9.78. The van der Waals surface area contributed by atoms with Crippen molar-refractivity contribution in [2.45, 2.75) is 32.9 Å². The number of hydrogen-bond acceptors (Lipinski definition) is 5. The van der Waals surface area contributed by atoms with Crippen LogP contribution in [0, 0.1) is 0 Å². The number of rotatable bonds is 5. The molecule has 1 atom stereocenters. The summed E-state index contributed by atoms with van der Waals surface area (Å²) in [7, 11) is 0. The van der Waals surface area contributed by atoms with Gasteiger partial charge in [-0.05, 0) is 13.3 Å². The van der Waals surface area contributed by atoms with Gasteiger partial charge < -0.3 is 9.09 Å². The van der Waals surface area contributed by atoms with Crippen LogP contribution in [0.1, 0.15) is 25.6 Å². The second kappa shape index (κ2) is 5.28. The van der Waals surface area contributed by atoms with Crippen LogP contribution in [0.15, 0.2) is 35.6 Å². The number of nitrogens with zero attached hydrogens (tertiary/aromatic N) is 6. The Kier molecular flexibility index (Phi) is 3.32. The van der Waals surface area contributed by atoms with Crippen molar-refractivity contribution in [3.63, 3.8) is 0 Å². The molecule has 0 saturated heterocycles. The zero-order chi connectivity index (χ0) is 13.9. The van der Waals surface area contributed by atoms with Crippen molar-refractivity contribution in [3.8, 4) is 11.6 Å². The molecule has 0 amide bonds. The summed E-state index contributed by atoms with van der Waals surface area (Å²) in [5.41, 5.74) is 0.929. The van der Waals surface area contributed by atoms with Gasteiger partial charge in [0.15, 0.2) is 5.82 Å². The molecular weight excluding hydrogens is 256 g/mol. The van der Waals surface area contributed by atoms with E-state index in [2.05, 4.69) is 31.7 Å². The van der Waals surface area contributed by atoms with Gasteiger partial charge in [-0.25, -0.2) is 9.97 Å². The van der Waals surface area contributed by atoms with Gasteiger partial charge >= 0.3 is 0 Å². The Morgan fingerprint density at radius 2 is 2.30 bits per heavy atom. The van der Waals surface area contributed by atoms with Crippen molar-refractivity contribution >= 4 is 0 Å². The smallest absolute Gasteiger partial charge is 0.202 e. The molecule has 3 rings (SSSR count). The Morgan fingerprint density at radius 1 is 1.40 bits per heavy atom. The number of aromatic nitrogens is 6. The molecule has 0 aliphatic rings. The highest BCUT2D eigenvalue weighted by molar-refractivity contribution is 5.47. The fraction of sp³-hybridized carbons (Fsp3) is 0.385. The summed E-state index contributed by atoms with van der Waals surface area (Å²) in [6, 6.07) is 2.12. The Hall–Kier alpha value is -2.44. The molecule has 0 radical (unpaired) electrons. The summed E-state index contributed by atoms with van der Waals surface area (Å²) >= 11 is 0. The lowest BCUT2D eigenvalue weighted by Crippen LogP contribution is -2.13. The van der Waals surface area contributed by atoms with Gasteiger partial charge in [-0.15, -0.1) is 0 Å². The molecule has 0 aromatic carbocycles. The van der Waals surface area contributed by atoms with E-state index in [4.69, 9.17) is 4.52 Å². The summed E-state index contributed by atoms with van der Waals surface area (Å²) in [4.78, 5) is 8.32. The molecule has 7 nitrogen and oxygen atoms in total. The summed E-state index contributed by atoms with van der Waals surface area (Å²) in [6.07, 6.45) is 7.79. The molecule has 0 spiro atoms. The van der Waals surface area contributed by atoms with Crippen LogP contribution < -0.4 is 0 Å². The lowest BCUT2D eigenvalue weighted by atomic mass is 10.3. The zero-order valence-electron chi connectivity index (χ0n) is 11.5. The minimum atomic E-state index is 0.185. The van der Waals surface area contributed by atoms with Crippen molar-refractivity contribution in [2.75, 3.05) is 0 Å². The first-order valence-electron chi connectivity index (χ1n) is 6.59. The van der Waals surface area contributed by atoms with Crippen LogP contribution in [-0.2, 0) is 13.0 Å². The average Bonchev–Trinajstić information content (AvgIpc) is 3.19. The maximum Gasteiger partial charge on any atom is 0.202 e. The number of imidazole rings is 1. The van der Waals surface area contributed by atoms with Crippen LogP contribution in [0.2, 0.25) is 0 Å². The Bertz CT molecular complexity index is 669. The SMILES string of the molecule is CCc1cc(-c2nccn2[C@@H](C)Cn2cncn2)on1. The van der Waals surface area contributed by atoms with Crippen molar-refractivity contribution in [1.82, 2.24) is 29.5 Å². The fourth-order valence-corrected chi connectivity index (χ4v) is 2.13. The van der Waals surface area contributed by atoms with E-state index in [0.717, 1.165) is 24.5 Å². The first kappa shape index (κ1) is 12.6. The van der Waals surface area contributed by atoms with Gasteiger partial charge in [-0.2, -0.15) is 5.10 Å². The second-order valence-corrected chi connectivity index (χ2v) is 4.66. The lowest BCUT2D eigenvalue weighted by molar-refractivity contribution is 0.406. The summed E-state index contributed by atoms with van der Waals surface area (Å²) < 4.78 is 9.21. The molecule has 3 aromatic heterocycles. The zero-order valence-corrected chi connectivity index (χ0v) is 11.5. The standard InChI is InChI=1S/C13H16N6O/c1-3-11-6-12(20-17-11)13-15-4-5-19(13)10(2)7-18-9-14-8-16-18/h4-6,8-10H,3,7H2,1-2H3/t10-/m0/s1. The Morgan fingerprint density at radius 3 is 3.00 bits per heavy atom. The van der Waals surface area contributed by atoms with Crippen molar-refractivity contribution < 1.29 is 4.52 Å². The molecule has 0 N–H and O–H groups in total. The van der Waals surface area contributed by atoms with Crippen LogP contribution in [-0.4, -0.2) is 29.5 Å². The molecule has 0 aliphatic carbocycles. The lowest BCUT2D eigenvalue weighted by Gasteiger charge is -2.14. The van der Waals surface area contributed by atoms with Crippen LogP contribution in [0.4, 0.5) is 0 Å². The van der Waals surface area contributed by atoms with E-state index in [-0.39, 0.29) is 6.04 Å². The minimum absolute atomic E-state index is 0.185. The predicted molar refractivity (Wildman–Crippen MR) is 71.8 cm³/mol. The normalized spacial score (nSPS) is 12.7. The van der Waals surface area contributed by atoms with Crippen LogP contribution in [0.25, 0.3) is 11.6 Å². The van der Waals surface area contributed by atoms with Crippen LogP contribution in [0.3, 0.4) is 0 Å². The Labute approximate surface area is 116 Å². The maximum absolute atomic E-state index is 5.36. The van der Waals surface area contributed by atoms with Gasteiger partial charge in [0, 0.05) is 18.5 Å². The fourth-order valence-electron chi connectivity index (χ4n) is 2.13. The molecule has 0 saturated carbocycles. The predicted octanol–water partition coefficient (Wildman–Crippen LogP) is 1.95. The van der Waals surface area contributed by atoms with E-state index in [0.29, 0.717) is 5.76 Å². The largest absolute Gasteiger partial charge is 0.353 e. The molecule has 7 heteroatoms. The monoisotopic (exact) mass is 272 g/mol. The van der Waals surface area contributed by atoms with Gasteiger partial charge in [-0.1, -0.05) is 12.1 Å². The van der Waals surface area contributed by atoms with E-state index in [1.165, 1.54) is 6.33 Å². The van der Waals surface area contributed by atoms with Crippen LogP contribution >= 0.6 is 0 Å². The highest BCUT2D eigenvalue weighted by atomic mass is 16.5. The van der Waals surface area contributed by atoms with E-state index in [9.17, 15) is 0 Å². The summed E-state index contributed by atoms with van der Waals surface area (Å²) in [5.74, 6) is 1.47. The van der Waals surface area contributed by atoms with Crippen LogP contribution in [0.5, 0.6) is 0 Å². The molecule has 0 unspecified atom stereocenters. The summed E-state index contributed by atoms with van der Waals surface area (Å²) in [5, 5.41) is 8.13. The highest BCUT2D eigenvalue weighted by Gasteiger charge is 2.16. The van der Waals surface area contributed by atoms with E-state index in [1.807, 2.05) is 19.2 Å². The van der Waals surface area contributed by atoms with Gasteiger partial charge in [0.2, 0.25) is 5.76 Å². The number of hydrogen-bond donors (Lipinski definition) is 0. The topological polar surface area (TPSA) is 74.6 Å². The Balaban J connectivity index is 1.85. The third kappa shape index (κ3) is 2.34. The molecule has 3 aromatic rings. The second-order valence-electron chi connectivity index (χ2n) is 4.66. The molecule has 3 heterocycles. The molecule has 104 valence electrons. The maximum atomic E-state index is 5.36.